The summed E-state index contributed by atoms with van der Waals surface area (Å²) in [5.41, 5.74) is 0. The molecular formula is C34H63N2O6P. The first-order valence-electron chi connectivity index (χ1n) is 16.5. The average molecular weight is 627 g/mol. The summed E-state index contributed by atoms with van der Waals surface area (Å²) < 4.78 is 22.8. The molecule has 0 radical (unpaired) electrons. The Kier molecular flexibility index (Phi) is 25.9. The van der Waals surface area contributed by atoms with E-state index in [-0.39, 0.29) is 12.5 Å². The van der Waals surface area contributed by atoms with Gasteiger partial charge in [0.2, 0.25) is 5.91 Å². The minimum Gasteiger partial charge on any atom is -0.756 e. The van der Waals surface area contributed by atoms with Gasteiger partial charge in [-0.2, -0.15) is 0 Å². The number of unbranched alkanes of at least 4 members (excludes halogenated alkanes) is 9. The molecular weight excluding hydrogens is 563 g/mol. The number of amides is 1. The van der Waals surface area contributed by atoms with E-state index in [1.165, 1.54) is 19.3 Å². The first-order valence-corrected chi connectivity index (χ1v) is 18.0. The zero-order chi connectivity index (χ0) is 32.2. The maximum atomic E-state index is 12.6. The summed E-state index contributed by atoms with van der Waals surface area (Å²) in [6.45, 7) is 4.32. The van der Waals surface area contributed by atoms with Crippen LogP contribution in [0.25, 0.3) is 0 Å². The van der Waals surface area contributed by atoms with Crippen molar-refractivity contribution in [3.63, 3.8) is 0 Å². The third-order valence-corrected chi connectivity index (χ3v) is 7.76. The first-order chi connectivity index (χ1) is 20.5. The van der Waals surface area contributed by atoms with Gasteiger partial charge >= 0.3 is 0 Å². The molecule has 1 amide bonds. The summed E-state index contributed by atoms with van der Waals surface area (Å²) >= 11 is 0. The lowest BCUT2D eigenvalue weighted by atomic mass is 10.1. The van der Waals surface area contributed by atoms with Crippen LogP contribution in [0.5, 0.6) is 0 Å². The Morgan fingerprint density at radius 2 is 1.42 bits per heavy atom. The molecule has 250 valence electrons. The smallest absolute Gasteiger partial charge is 0.268 e. The van der Waals surface area contributed by atoms with Gasteiger partial charge in [0.05, 0.1) is 39.9 Å². The third kappa shape index (κ3) is 29.0. The third-order valence-electron chi connectivity index (χ3n) is 6.79. The van der Waals surface area contributed by atoms with E-state index in [1.807, 2.05) is 27.2 Å². The van der Waals surface area contributed by atoms with Crippen LogP contribution in [0.1, 0.15) is 110 Å². The van der Waals surface area contributed by atoms with Crippen molar-refractivity contribution in [1.82, 2.24) is 5.32 Å². The predicted octanol–water partition coefficient (Wildman–Crippen LogP) is 7.16. The molecule has 0 aromatic carbocycles. The largest absolute Gasteiger partial charge is 0.756 e. The molecule has 0 saturated heterocycles. The topological polar surface area (TPSA) is 108 Å². The number of hydrogen-bond acceptors (Lipinski definition) is 6. The highest BCUT2D eigenvalue weighted by Gasteiger charge is 2.23. The molecule has 43 heavy (non-hydrogen) atoms. The van der Waals surface area contributed by atoms with Crippen LogP contribution >= 0.6 is 7.82 Å². The van der Waals surface area contributed by atoms with Gasteiger partial charge in [0.15, 0.2) is 0 Å². The van der Waals surface area contributed by atoms with E-state index in [0.717, 1.165) is 70.6 Å². The molecule has 0 saturated carbocycles. The predicted molar refractivity (Wildman–Crippen MR) is 178 cm³/mol. The minimum atomic E-state index is -4.56. The molecule has 0 aromatic rings. The van der Waals surface area contributed by atoms with Crippen LogP contribution in [0, 0.1) is 0 Å². The van der Waals surface area contributed by atoms with E-state index in [2.05, 4.69) is 55.6 Å². The first kappa shape index (κ1) is 41.5. The van der Waals surface area contributed by atoms with Crippen molar-refractivity contribution >= 4 is 13.7 Å². The number of quaternary nitrogens is 1. The molecule has 0 spiro atoms. The Morgan fingerprint density at radius 3 is 2.05 bits per heavy atom. The highest BCUT2D eigenvalue weighted by Crippen LogP contribution is 2.38. The molecule has 0 heterocycles. The van der Waals surface area contributed by atoms with Gasteiger partial charge in [-0.05, 0) is 44.9 Å². The number of phosphoric ester groups is 1. The van der Waals surface area contributed by atoms with Gasteiger partial charge in [0.1, 0.15) is 13.2 Å². The molecule has 3 atom stereocenters. The van der Waals surface area contributed by atoms with E-state index in [0.29, 0.717) is 17.4 Å². The molecule has 3 unspecified atom stereocenters. The summed E-state index contributed by atoms with van der Waals surface area (Å²) in [7, 11) is 1.23. The van der Waals surface area contributed by atoms with Gasteiger partial charge < -0.3 is 28.8 Å². The fourth-order valence-corrected chi connectivity index (χ4v) is 4.81. The number of carbonyl (C=O) groups excluding carboxylic acids is 1. The highest BCUT2D eigenvalue weighted by molar-refractivity contribution is 7.45. The van der Waals surface area contributed by atoms with Crippen LogP contribution in [-0.2, 0) is 18.4 Å². The number of hydrogen-bond donors (Lipinski definition) is 2. The van der Waals surface area contributed by atoms with E-state index in [9.17, 15) is 19.4 Å². The van der Waals surface area contributed by atoms with Gasteiger partial charge in [-0.3, -0.25) is 9.36 Å². The number of nitrogens with one attached hydrogen (secondary N) is 1. The van der Waals surface area contributed by atoms with Crippen LogP contribution in [0.4, 0.5) is 0 Å². The number of aliphatic hydroxyl groups is 1. The summed E-state index contributed by atoms with van der Waals surface area (Å²) in [6, 6.07) is -0.886. The Labute approximate surface area is 263 Å². The second-order valence-corrected chi connectivity index (χ2v) is 13.5. The van der Waals surface area contributed by atoms with E-state index < -0.39 is 26.6 Å². The average Bonchev–Trinajstić information content (AvgIpc) is 2.94. The van der Waals surface area contributed by atoms with Gasteiger partial charge in [-0.15, -0.1) is 0 Å². The molecule has 0 aliphatic carbocycles. The molecule has 0 fully saturated rings. The van der Waals surface area contributed by atoms with Crippen molar-refractivity contribution in [2.24, 2.45) is 0 Å². The fraction of sp³-hybridized carbons (Fsp3) is 0.735. The molecule has 0 aromatic heterocycles. The van der Waals surface area contributed by atoms with Crippen LogP contribution in [0.2, 0.25) is 0 Å². The number of carbonyl (C=O) groups is 1. The van der Waals surface area contributed by atoms with E-state index in [4.69, 9.17) is 9.05 Å². The number of phosphoric acid groups is 1. The summed E-state index contributed by atoms with van der Waals surface area (Å²) in [4.78, 5) is 24.8. The minimum absolute atomic E-state index is 0.00668. The van der Waals surface area contributed by atoms with Gasteiger partial charge in [0, 0.05) is 6.42 Å². The van der Waals surface area contributed by atoms with Crippen LogP contribution < -0.4 is 10.2 Å². The summed E-state index contributed by atoms with van der Waals surface area (Å²) in [5, 5.41) is 13.4. The van der Waals surface area contributed by atoms with Crippen LogP contribution in [0.15, 0.2) is 48.6 Å². The Balaban J connectivity index is 4.31. The van der Waals surface area contributed by atoms with Gasteiger partial charge in [0.25, 0.3) is 7.82 Å². The van der Waals surface area contributed by atoms with Crippen molar-refractivity contribution in [3.8, 4) is 0 Å². The molecule has 8 nitrogen and oxygen atoms in total. The SMILES string of the molecule is CC/C=C\C/C=C\C/C=C\CCCCCCCCCC(=O)NC(COP(=O)([O-])OCC[N+](C)(C)C)C(O)/C=C/CCCC. The van der Waals surface area contributed by atoms with Crippen molar-refractivity contribution in [2.75, 3.05) is 40.9 Å². The van der Waals surface area contributed by atoms with Gasteiger partial charge in [-0.25, -0.2) is 0 Å². The van der Waals surface area contributed by atoms with Crippen LogP contribution in [-0.4, -0.2) is 68.5 Å². The van der Waals surface area contributed by atoms with Crippen molar-refractivity contribution < 1.29 is 32.9 Å². The summed E-state index contributed by atoms with van der Waals surface area (Å²) in [6.07, 6.45) is 30.7. The van der Waals surface area contributed by atoms with Crippen molar-refractivity contribution in [1.29, 1.82) is 0 Å². The zero-order valence-electron chi connectivity index (χ0n) is 27.9. The second kappa shape index (κ2) is 26.8. The van der Waals surface area contributed by atoms with Crippen molar-refractivity contribution in [2.45, 2.75) is 122 Å². The quantitative estimate of drug-likeness (QED) is 0.0413. The van der Waals surface area contributed by atoms with Crippen LogP contribution in [0.3, 0.4) is 0 Å². The standard InChI is InChI=1S/C34H63N2O6P/c1-6-8-10-12-13-14-15-16-17-18-19-20-21-22-23-24-26-28-34(38)35-32(33(37)27-25-11-9-7-2)31-42-43(39,40)41-30-29-36(3,4)5/h8,10,13-14,16-17,25,27,32-33,37H,6-7,9,11-12,15,18-24,26,28-31H2,1-5H3,(H-,35,38,39,40)/b10-8-,14-13-,17-16-,27-25+. The molecule has 0 aliphatic heterocycles. The molecule has 0 bridgehead atoms. The Hall–Kier alpha value is -1.54. The number of nitrogens with zero attached hydrogens (tertiary/aromatic N) is 1. The number of likely N-dealkylation sites (N-methyl/N-ethyl adjacent to an activating group) is 1. The normalized spacial score (nSPS) is 15.6. The lowest BCUT2D eigenvalue weighted by molar-refractivity contribution is -0.870. The fourth-order valence-electron chi connectivity index (χ4n) is 4.09. The lowest BCUT2D eigenvalue weighted by Gasteiger charge is -2.29. The van der Waals surface area contributed by atoms with Gasteiger partial charge in [-0.1, -0.05) is 107 Å². The second-order valence-electron chi connectivity index (χ2n) is 12.1. The van der Waals surface area contributed by atoms with E-state index >= 15 is 0 Å². The number of rotatable bonds is 28. The monoisotopic (exact) mass is 626 g/mol. The zero-order valence-corrected chi connectivity index (χ0v) is 28.8. The highest BCUT2D eigenvalue weighted by atomic mass is 31.2. The van der Waals surface area contributed by atoms with E-state index in [1.54, 1.807) is 6.08 Å². The molecule has 0 rings (SSSR count). The molecule has 9 heteroatoms. The Morgan fingerprint density at radius 1 is 0.837 bits per heavy atom. The Bertz CT molecular complexity index is 850. The summed E-state index contributed by atoms with van der Waals surface area (Å²) in [5.74, 6) is -0.222. The number of aliphatic hydroxyl groups excluding tert-OH is 1. The molecule has 0 aliphatic rings. The maximum absolute atomic E-state index is 12.6. The maximum Gasteiger partial charge on any atom is 0.268 e. The molecule has 2 N–H and O–H groups in total. The lowest BCUT2D eigenvalue weighted by Crippen LogP contribution is -2.45. The van der Waals surface area contributed by atoms with Crippen molar-refractivity contribution in [3.05, 3.63) is 48.6 Å². The number of allylic oxidation sites excluding steroid dienone is 7.